The number of phenols is 1. The summed E-state index contributed by atoms with van der Waals surface area (Å²) in [5.41, 5.74) is 9.94. The van der Waals surface area contributed by atoms with E-state index in [9.17, 15) is 19.5 Å². The van der Waals surface area contributed by atoms with Gasteiger partial charge in [-0.05, 0) is 127 Å². The van der Waals surface area contributed by atoms with Crippen LogP contribution >= 0.6 is 0 Å². The van der Waals surface area contributed by atoms with Crippen molar-refractivity contribution in [2.24, 2.45) is 0 Å². The second kappa shape index (κ2) is 15.4. The Hall–Kier alpha value is -5.21. The lowest BCUT2D eigenvalue weighted by Crippen LogP contribution is -2.52. The Bertz CT molecular complexity index is 1910. The van der Waals surface area contributed by atoms with E-state index in [0.717, 1.165) is 68.7 Å². The zero-order valence-corrected chi connectivity index (χ0v) is 29.2. The molecule has 0 aromatic heterocycles. The Balaban J connectivity index is 0.913. The average Bonchev–Trinajstić information content (AvgIpc) is 3.48. The van der Waals surface area contributed by atoms with Crippen molar-refractivity contribution >= 4 is 34.6 Å². The Morgan fingerprint density at radius 3 is 2.24 bits per heavy atom. The summed E-state index contributed by atoms with van der Waals surface area (Å²) < 4.78 is 0. The van der Waals surface area contributed by atoms with Gasteiger partial charge in [0.15, 0.2) is 0 Å². The number of hydrogen-bond acceptors (Lipinski definition) is 6. The lowest BCUT2D eigenvalue weighted by Gasteiger charge is -2.32. The van der Waals surface area contributed by atoms with Crippen molar-refractivity contribution in [2.75, 3.05) is 31.5 Å². The monoisotopic (exact) mass is 682 g/mol. The third kappa shape index (κ3) is 7.61. The number of nitrogens with zero attached hydrogens (tertiary/aromatic N) is 2. The third-order valence-corrected chi connectivity index (χ3v) is 10.7. The predicted molar refractivity (Wildman–Crippen MR) is 201 cm³/mol. The van der Waals surface area contributed by atoms with Crippen LogP contribution in [0.15, 0.2) is 97.1 Å². The molecule has 8 heteroatoms. The van der Waals surface area contributed by atoms with Crippen LogP contribution in [0.1, 0.15) is 89.5 Å². The largest absolute Gasteiger partial charge is 0.508 e. The van der Waals surface area contributed by atoms with Crippen LogP contribution in [-0.2, 0) is 16.1 Å². The van der Waals surface area contributed by atoms with Gasteiger partial charge in [-0.25, -0.2) is 0 Å². The van der Waals surface area contributed by atoms with Crippen molar-refractivity contribution in [3.8, 4) is 5.75 Å². The lowest BCUT2D eigenvalue weighted by atomic mass is 9.85. The van der Waals surface area contributed by atoms with E-state index in [-0.39, 0.29) is 29.9 Å². The maximum Gasteiger partial charge on any atom is 0.255 e. The molecule has 8 nitrogen and oxygen atoms in total. The molecule has 0 aliphatic carbocycles. The second-order valence-electron chi connectivity index (χ2n) is 13.9. The smallest absolute Gasteiger partial charge is 0.255 e. The Kier molecular flexibility index (Phi) is 10.3. The fourth-order valence-corrected chi connectivity index (χ4v) is 7.94. The quantitative estimate of drug-likeness (QED) is 0.0879. The number of carbonyl (C=O) groups is 3. The Labute approximate surface area is 300 Å². The van der Waals surface area contributed by atoms with Gasteiger partial charge >= 0.3 is 0 Å². The second-order valence-corrected chi connectivity index (χ2v) is 13.9. The highest BCUT2D eigenvalue weighted by atomic mass is 16.3. The van der Waals surface area contributed by atoms with Crippen molar-refractivity contribution < 1.29 is 19.5 Å². The summed E-state index contributed by atoms with van der Waals surface area (Å²) in [6.07, 6.45) is 4.82. The molecule has 3 heterocycles. The number of allylic oxidation sites excluding steroid dienone is 1. The number of benzene rings is 4. The number of hydrogen-bond donors (Lipinski definition) is 3. The van der Waals surface area contributed by atoms with Gasteiger partial charge in [-0.15, -0.1) is 0 Å². The number of fused-ring (bicyclic) bond motifs is 1. The maximum absolute atomic E-state index is 13.0. The molecule has 3 aliphatic heterocycles. The fraction of sp³-hybridized carbons (Fsp3) is 0.326. The highest BCUT2D eigenvalue weighted by molar-refractivity contribution is 6.05. The molecule has 7 rings (SSSR count). The van der Waals surface area contributed by atoms with E-state index in [0.29, 0.717) is 24.4 Å². The Morgan fingerprint density at radius 2 is 1.55 bits per heavy atom. The van der Waals surface area contributed by atoms with Crippen LogP contribution in [0.5, 0.6) is 5.75 Å². The molecule has 1 unspecified atom stereocenters. The van der Waals surface area contributed by atoms with Gasteiger partial charge in [0.2, 0.25) is 11.8 Å². The minimum atomic E-state index is -0.594. The van der Waals surface area contributed by atoms with Crippen LogP contribution in [-0.4, -0.2) is 64.8 Å². The van der Waals surface area contributed by atoms with E-state index in [2.05, 4.69) is 77.1 Å². The molecule has 0 bridgehead atoms. The summed E-state index contributed by atoms with van der Waals surface area (Å²) >= 11 is 0. The average molecular weight is 683 g/mol. The van der Waals surface area contributed by atoms with Crippen molar-refractivity contribution in [1.29, 1.82) is 0 Å². The molecule has 2 saturated heterocycles. The number of piperidine rings is 2. The number of amides is 3. The van der Waals surface area contributed by atoms with Gasteiger partial charge in [-0.2, -0.15) is 0 Å². The number of carbonyl (C=O) groups excluding carboxylic acids is 3. The molecular weight excluding hydrogens is 636 g/mol. The van der Waals surface area contributed by atoms with Gasteiger partial charge in [-0.1, -0.05) is 73.7 Å². The molecule has 3 amide bonds. The molecular formula is C43H46N4O4. The first-order valence-corrected chi connectivity index (χ1v) is 18.3. The molecule has 0 saturated carbocycles. The highest BCUT2D eigenvalue weighted by Gasteiger charge is 2.39. The van der Waals surface area contributed by atoms with Crippen LogP contribution in [0.3, 0.4) is 0 Å². The van der Waals surface area contributed by atoms with Crippen molar-refractivity contribution in [1.82, 2.24) is 15.1 Å². The summed E-state index contributed by atoms with van der Waals surface area (Å²) in [6.45, 7) is 6.62. The number of likely N-dealkylation sites (tertiary alicyclic amines) is 1. The SMILES string of the molecule is CC/C(=C(\c1ccc(O)cc1)c1ccc(C2CCN(CCCNc3ccc4c(c3)CN(C3CCC(=O)NC3=O)C4=O)CC2)cc1)c1ccccc1. The number of aromatic hydroxyl groups is 1. The first-order valence-electron chi connectivity index (χ1n) is 18.3. The van der Waals surface area contributed by atoms with E-state index in [4.69, 9.17) is 0 Å². The number of rotatable bonds is 11. The maximum atomic E-state index is 13.0. The zero-order valence-electron chi connectivity index (χ0n) is 29.2. The third-order valence-electron chi connectivity index (χ3n) is 10.7. The van der Waals surface area contributed by atoms with Crippen LogP contribution in [0.2, 0.25) is 0 Å². The molecule has 0 spiro atoms. The van der Waals surface area contributed by atoms with E-state index in [1.165, 1.54) is 27.8 Å². The van der Waals surface area contributed by atoms with Crippen LogP contribution < -0.4 is 10.6 Å². The number of phenolic OH excluding ortho intramolecular Hbond substituents is 1. The summed E-state index contributed by atoms with van der Waals surface area (Å²) in [6, 6.07) is 32.5. The van der Waals surface area contributed by atoms with Crippen LogP contribution in [0.4, 0.5) is 5.69 Å². The molecule has 3 aliphatic rings. The molecule has 1 atom stereocenters. The predicted octanol–water partition coefficient (Wildman–Crippen LogP) is 7.20. The first kappa shape index (κ1) is 34.2. The van der Waals surface area contributed by atoms with Gasteiger partial charge < -0.3 is 20.2 Å². The molecule has 3 N–H and O–H groups in total. The topological polar surface area (TPSA) is 102 Å². The van der Waals surface area contributed by atoms with Crippen LogP contribution in [0, 0.1) is 0 Å². The lowest BCUT2D eigenvalue weighted by molar-refractivity contribution is -0.136. The van der Waals surface area contributed by atoms with Crippen molar-refractivity contribution in [2.45, 2.75) is 64.0 Å². The number of anilines is 1. The number of nitrogens with one attached hydrogen (secondary N) is 2. The standard InChI is InChI=1S/C43H46N4O4/c1-2-37(31-7-4-3-5-8-31)41(33-13-16-36(48)17-14-33)32-11-9-29(10-12-32)30-21-25-46(26-22-30)24-6-23-44-35-15-18-38-34(27-35)28-47(43(38)51)39-19-20-40(49)45-42(39)50/h3-5,7-18,27,30,39,44,48H,2,6,19-26,28H2,1H3,(H,45,49,50)/b41-37+. The minimum Gasteiger partial charge on any atom is -0.508 e. The molecule has 4 aromatic carbocycles. The first-order chi connectivity index (χ1) is 24.9. The zero-order chi connectivity index (χ0) is 35.3. The van der Waals surface area contributed by atoms with Gasteiger partial charge in [-0.3, -0.25) is 19.7 Å². The van der Waals surface area contributed by atoms with E-state index in [1.54, 1.807) is 17.0 Å². The fourth-order valence-electron chi connectivity index (χ4n) is 7.94. The van der Waals surface area contributed by atoms with Gasteiger partial charge in [0.05, 0.1) is 0 Å². The summed E-state index contributed by atoms with van der Waals surface area (Å²) in [5.74, 6) is 0.0124. The van der Waals surface area contributed by atoms with Gasteiger partial charge in [0.1, 0.15) is 11.8 Å². The molecule has 2 fully saturated rings. The molecule has 262 valence electrons. The van der Waals surface area contributed by atoms with Crippen molar-refractivity contribution in [3.05, 3.63) is 130 Å². The van der Waals surface area contributed by atoms with Gasteiger partial charge in [0, 0.05) is 30.8 Å². The van der Waals surface area contributed by atoms with Crippen LogP contribution in [0.25, 0.3) is 11.1 Å². The molecule has 4 aromatic rings. The minimum absolute atomic E-state index is 0.144. The molecule has 51 heavy (non-hydrogen) atoms. The number of imide groups is 1. The van der Waals surface area contributed by atoms with Crippen molar-refractivity contribution in [3.63, 3.8) is 0 Å². The Morgan fingerprint density at radius 1 is 0.843 bits per heavy atom. The summed E-state index contributed by atoms with van der Waals surface area (Å²) in [5, 5.41) is 15.9. The van der Waals surface area contributed by atoms with Gasteiger partial charge in [0.25, 0.3) is 5.91 Å². The molecule has 0 radical (unpaired) electrons. The summed E-state index contributed by atoms with van der Waals surface area (Å²) in [4.78, 5) is 41.1. The van der Waals surface area contributed by atoms with E-state index >= 15 is 0 Å². The van der Waals surface area contributed by atoms with E-state index in [1.807, 2.05) is 30.3 Å². The highest BCUT2D eigenvalue weighted by Crippen LogP contribution is 2.37. The van der Waals surface area contributed by atoms with E-state index < -0.39 is 6.04 Å². The normalized spacial score (nSPS) is 18.7. The summed E-state index contributed by atoms with van der Waals surface area (Å²) in [7, 11) is 0.